The van der Waals surface area contributed by atoms with Gasteiger partial charge in [0, 0.05) is 45.3 Å². The molecular formula is C102H175N7O6. The SMILES string of the molecule is CC(C)CCCC(C)C1CCC2C3CC=C4CC(OC(=O)CCCCN(CCCCN(CCCNC(=O)OC5CCC6(C)C(=CCC7C6CCC6(C)C(C(C)CCCC(C)C)CCC76)C5)CCCNC(=O)OC5CCC6(C)C(=CCC7C6CCC6(C)C(C(C)CCCC(C)C)CCC76)C5)CCCN=C(N)N)CCC4(C)C3CCC12C. The Kier molecular flexibility index (Phi) is 31.7. The lowest BCUT2D eigenvalue weighted by Crippen LogP contribution is -2.51. The summed E-state index contributed by atoms with van der Waals surface area (Å²) in [6.07, 6.45) is 55.5. The number of esters is 1. The van der Waals surface area contributed by atoms with Crippen LogP contribution in [0, 0.1) is 139 Å². The molecule has 9 fully saturated rings. The molecule has 0 spiro atoms. The summed E-state index contributed by atoms with van der Waals surface area (Å²) in [5.41, 5.74) is 18.4. The lowest BCUT2D eigenvalue weighted by atomic mass is 9.47. The summed E-state index contributed by atoms with van der Waals surface area (Å²) < 4.78 is 19.0. The molecule has 0 aliphatic heterocycles. The predicted octanol–water partition coefficient (Wildman–Crippen LogP) is 24.2. The third-order valence-corrected chi connectivity index (χ3v) is 36.7. The van der Waals surface area contributed by atoms with Gasteiger partial charge in [0.1, 0.15) is 18.3 Å². The first-order valence-corrected chi connectivity index (χ1v) is 49.6. The minimum atomic E-state index is -0.280. The number of ether oxygens (including phenoxy) is 3. The lowest BCUT2D eigenvalue weighted by Gasteiger charge is -2.58. The fraction of sp³-hybridized carbons (Fsp3) is 0.902. The topological polar surface area (TPSA) is 174 Å². The van der Waals surface area contributed by atoms with E-state index in [-0.39, 0.29) is 58.7 Å². The molecule has 24 unspecified atom stereocenters. The Morgan fingerprint density at radius 1 is 0.400 bits per heavy atom. The first-order chi connectivity index (χ1) is 54.9. The van der Waals surface area contributed by atoms with Crippen LogP contribution in [0.2, 0.25) is 0 Å². The number of allylic oxidation sites excluding steroid dienone is 3. The van der Waals surface area contributed by atoms with Crippen LogP contribution in [-0.2, 0) is 19.0 Å². The van der Waals surface area contributed by atoms with Crippen LogP contribution < -0.4 is 22.1 Å². The second-order valence-electron chi connectivity index (χ2n) is 44.8. The average molecular weight is 1600 g/mol. The molecule has 12 aliphatic rings. The summed E-state index contributed by atoms with van der Waals surface area (Å²) in [7, 11) is 0. The molecule has 0 aromatic rings. The monoisotopic (exact) mass is 1590 g/mol. The molecule has 24 atom stereocenters. The Morgan fingerprint density at radius 3 is 1.08 bits per heavy atom. The molecule has 2 amide bonds. The predicted molar refractivity (Wildman–Crippen MR) is 476 cm³/mol. The van der Waals surface area contributed by atoms with Gasteiger partial charge in [0.05, 0.1) is 0 Å². The quantitative estimate of drug-likeness (QED) is 0.0115. The molecule has 13 heteroatoms. The van der Waals surface area contributed by atoms with Crippen LogP contribution in [0.1, 0.15) is 367 Å². The highest BCUT2D eigenvalue weighted by atomic mass is 16.6. The number of nitrogens with zero attached hydrogens (tertiary/aromatic N) is 3. The molecule has 0 bridgehead atoms. The van der Waals surface area contributed by atoms with Gasteiger partial charge in [-0.25, -0.2) is 9.59 Å². The summed E-state index contributed by atoms with van der Waals surface area (Å²) in [5.74, 6) is 14.7. The van der Waals surface area contributed by atoms with Gasteiger partial charge in [-0.15, -0.1) is 0 Å². The Hall–Kier alpha value is -3.58. The van der Waals surface area contributed by atoms with Crippen molar-refractivity contribution in [1.82, 2.24) is 20.4 Å². The molecule has 0 saturated heterocycles. The largest absolute Gasteiger partial charge is 0.462 e. The van der Waals surface area contributed by atoms with E-state index in [2.05, 4.69) is 148 Å². The fourth-order valence-corrected chi connectivity index (χ4v) is 30.3. The van der Waals surface area contributed by atoms with E-state index in [1.807, 2.05) is 0 Å². The lowest BCUT2D eigenvalue weighted by molar-refractivity contribution is -0.151. The second-order valence-corrected chi connectivity index (χ2v) is 44.8. The van der Waals surface area contributed by atoms with Crippen molar-refractivity contribution in [2.24, 2.45) is 155 Å². The van der Waals surface area contributed by atoms with E-state index in [0.717, 1.165) is 249 Å². The number of guanidine groups is 1. The molecule has 6 N–H and O–H groups in total. The number of unbranched alkanes of at least 4 members (excludes halogenated alkanes) is 2. The molecule has 654 valence electrons. The highest BCUT2D eigenvalue weighted by Crippen LogP contribution is 2.71. The number of hydrogen-bond acceptors (Lipinski definition) is 9. The van der Waals surface area contributed by atoms with Crippen LogP contribution in [0.15, 0.2) is 39.9 Å². The molecule has 0 aromatic heterocycles. The first kappa shape index (κ1) is 90.6. The van der Waals surface area contributed by atoms with Crippen molar-refractivity contribution in [3.05, 3.63) is 34.9 Å². The van der Waals surface area contributed by atoms with Gasteiger partial charge >= 0.3 is 18.2 Å². The first-order valence-electron chi connectivity index (χ1n) is 49.6. The number of nitrogens with two attached hydrogens (primary N) is 2. The molecule has 13 nitrogen and oxygen atoms in total. The number of amides is 2. The zero-order valence-corrected chi connectivity index (χ0v) is 76.7. The number of alkyl carbamates (subject to hydrolysis) is 2. The number of fused-ring (bicyclic) bond motifs is 15. The van der Waals surface area contributed by atoms with Crippen LogP contribution >= 0.6 is 0 Å². The van der Waals surface area contributed by atoms with E-state index in [9.17, 15) is 14.4 Å². The van der Waals surface area contributed by atoms with Crippen LogP contribution in [0.5, 0.6) is 0 Å². The smallest absolute Gasteiger partial charge is 0.407 e. The second kappa shape index (κ2) is 40.2. The van der Waals surface area contributed by atoms with Crippen LogP contribution in [-0.4, -0.2) is 111 Å². The van der Waals surface area contributed by atoms with Gasteiger partial charge < -0.3 is 46.1 Å². The van der Waals surface area contributed by atoms with E-state index in [1.165, 1.54) is 154 Å². The summed E-state index contributed by atoms with van der Waals surface area (Å²) in [4.78, 5) is 50.6. The Labute approximate surface area is 703 Å². The summed E-state index contributed by atoms with van der Waals surface area (Å²) in [6.45, 7) is 44.9. The Bertz CT molecular complexity index is 3140. The van der Waals surface area contributed by atoms with Gasteiger partial charge in [0.15, 0.2) is 5.96 Å². The Balaban J connectivity index is 0.601. The maximum Gasteiger partial charge on any atom is 0.407 e. The molecule has 0 heterocycles. The van der Waals surface area contributed by atoms with Crippen LogP contribution in [0.3, 0.4) is 0 Å². The summed E-state index contributed by atoms with van der Waals surface area (Å²) >= 11 is 0. The Morgan fingerprint density at radius 2 is 0.730 bits per heavy atom. The standard InChI is InChI=1S/C102H175N7O6/c1-69(2)26-20-29-72(7)84-39-42-87-81-36-33-75-66-78(45-51-97(75,10)90(81)48-54-100(84,87)13)113-93(110)32-16-17-60-108(63-23-57-105-94(103)104)61-18-19-62-109(64-24-58-106-95(111)114-79-46-52-98(11)76(67-79)34-37-82-88-43-40-85(73(8)30-21-27-70(3)4)101(88,14)55-49-91(82)98)65-25-59-107-96(112)115-80-47-53-99(12)77(68-80)35-38-83-89-44-41-86(74(9)31-22-28-71(5)6)102(89,15)56-50-92(83)99/h33-35,69-74,78-92H,16-32,36-68H2,1-15H3,(H,106,111)(H,107,112)(H4,103,104,105). The van der Waals surface area contributed by atoms with Gasteiger partial charge in [-0.1, -0.05) is 197 Å². The number of carbonyl (C=O) groups excluding carboxylic acids is 3. The van der Waals surface area contributed by atoms with Gasteiger partial charge in [-0.2, -0.15) is 0 Å². The third kappa shape index (κ3) is 21.2. The third-order valence-electron chi connectivity index (χ3n) is 36.7. The molecule has 12 aliphatic carbocycles. The van der Waals surface area contributed by atoms with E-state index in [4.69, 9.17) is 25.7 Å². The minimum absolute atomic E-state index is 0.00929. The van der Waals surface area contributed by atoms with Crippen molar-refractivity contribution >= 4 is 24.1 Å². The normalized spacial score (nSPS) is 37.3. The van der Waals surface area contributed by atoms with E-state index in [0.29, 0.717) is 42.3 Å². The summed E-state index contributed by atoms with van der Waals surface area (Å²) in [6, 6.07) is 0. The molecular weight excluding hydrogens is 1420 g/mol. The number of carbonyl (C=O) groups is 3. The zero-order valence-electron chi connectivity index (χ0n) is 76.7. The van der Waals surface area contributed by atoms with Crippen molar-refractivity contribution in [2.75, 3.05) is 58.9 Å². The number of hydrogen-bond donors (Lipinski definition) is 4. The number of nitrogens with one attached hydrogen (secondary N) is 2. The number of aliphatic imine (C=N–C) groups is 1. The van der Waals surface area contributed by atoms with Crippen molar-refractivity contribution in [3.8, 4) is 0 Å². The molecule has 0 aromatic carbocycles. The van der Waals surface area contributed by atoms with Crippen LogP contribution in [0.4, 0.5) is 9.59 Å². The highest BCUT2D eigenvalue weighted by molar-refractivity contribution is 5.75. The van der Waals surface area contributed by atoms with Crippen molar-refractivity contribution in [2.45, 2.75) is 385 Å². The highest BCUT2D eigenvalue weighted by Gasteiger charge is 2.63. The summed E-state index contributed by atoms with van der Waals surface area (Å²) in [5, 5.41) is 6.41. The van der Waals surface area contributed by atoms with E-state index < -0.39 is 0 Å². The molecule has 9 saturated carbocycles. The van der Waals surface area contributed by atoms with Gasteiger partial charge in [0.25, 0.3) is 0 Å². The maximum atomic E-state index is 13.7. The van der Waals surface area contributed by atoms with Gasteiger partial charge in [-0.3, -0.25) is 9.79 Å². The van der Waals surface area contributed by atoms with E-state index >= 15 is 0 Å². The number of rotatable bonds is 40. The minimum Gasteiger partial charge on any atom is -0.462 e. The fourth-order valence-electron chi connectivity index (χ4n) is 30.3. The average Bonchev–Trinajstić information content (AvgIpc) is 1.68. The van der Waals surface area contributed by atoms with Crippen molar-refractivity contribution in [1.29, 1.82) is 0 Å². The van der Waals surface area contributed by atoms with Gasteiger partial charge in [0.2, 0.25) is 0 Å². The van der Waals surface area contributed by atoms with Crippen LogP contribution in [0.25, 0.3) is 0 Å². The maximum absolute atomic E-state index is 13.7. The molecule has 115 heavy (non-hydrogen) atoms. The van der Waals surface area contributed by atoms with Crippen molar-refractivity contribution < 1.29 is 28.6 Å². The molecule has 0 radical (unpaired) electrons. The zero-order chi connectivity index (χ0) is 82.0. The van der Waals surface area contributed by atoms with Gasteiger partial charge in [-0.05, 0) is 358 Å². The molecule has 12 rings (SSSR count). The van der Waals surface area contributed by atoms with E-state index in [1.54, 1.807) is 16.7 Å². The van der Waals surface area contributed by atoms with Crippen molar-refractivity contribution in [3.63, 3.8) is 0 Å².